The molecule has 0 aromatic heterocycles. The molecule has 0 saturated carbocycles. The highest BCUT2D eigenvalue weighted by atomic mass is 32.3. The van der Waals surface area contributed by atoms with E-state index in [1.807, 2.05) is 18.2 Å². The number of hydrogen-bond donors (Lipinski definition) is 2. The Bertz CT molecular complexity index is 640. The predicted octanol–water partition coefficient (Wildman–Crippen LogP) is 2.85. The average Bonchev–Trinajstić information content (AvgIpc) is 2.48. The van der Waals surface area contributed by atoms with Crippen LogP contribution in [0.3, 0.4) is 0 Å². The van der Waals surface area contributed by atoms with Crippen molar-refractivity contribution in [2.24, 2.45) is 0 Å². The summed E-state index contributed by atoms with van der Waals surface area (Å²) in [5.74, 6) is 2.29. The zero-order valence-corrected chi connectivity index (χ0v) is 14.9. The zero-order chi connectivity index (χ0) is 16.4. The summed E-state index contributed by atoms with van der Waals surface area (Å²) in [5.41, 5.74) is 2.39. The third-order valence-electron chi connectivity index (χ3n) is 3.94. The first-order valence-electron chi connectivity index (χ1n) is 7.15. The molecule has 0 fully saturated rings. The van der Waals surface area contributed by atoms with E-state index >= 15 is 0 Å². The van der Waals surface area contributed by atoms with Crippen LogP contribution >= 0.6 is 10.3 Å². The lowest BCUT2D eigenvalue weighted by Gasteiger charge is -2.47. The van der Waals surface area contributed by atoms with Gasteiger partial charge in [-0.3, -0.25) is 0 Å². The molecule has 0 spiro atoms. The largest absolute Gasteiger partial charge is 0.508 e. The minimum atomic E-state index is -1.12. The van der Waals surface area contributed by atoms with Crippen LogP contribution in [0.2, 0.25) is 0 Å². The molecule has 3 rings (SSSR count). The van der Waals surface area contributed by atoms with Crippen LogP contribution in [0.15, 0.2) is 48.5 Å². The van der Waals surface area contributed by atoms with Crippen LogP contribution in [0, 0.1) is 0 Å². The van der Waals surface area contributed by atoms with Crippen LogP contribution in [0.1, 0.15) is 18.1 Å². The molecule has 0 amide bonds. The number of benzene rings is 2. The smallest absolute Gasteiger partial charge is 0.138 e. The van der Waals surface area contributed by atoms with E-state index in [9.17, 15) is 5.11 Å². The predicted molar refractivity (Wildman–Crippen MR) is 97.7 cm³/mol. The normalized spacial score (nSPS) is 22.3. The molecular weight excluding hydrogens is 312 g/mol. The van der Waals surface area contributed by atoms with Gasteiger partial charge in [-0.05, 0) is 36.3 Å². The van der Waals surface area contributed by atoms with Crippen LogP contribution < -0.4 is 4.18 Å². The SMILES string of the molecule is CC1(c2ccc(O)cc2)CS(C)(C)Oc2ccccc21.CO.O. The molecule has 0 bridgehead atoms. The van der Waals surface area contributed by atoms with E-state index in [-0.39, 0.29) is 10.9 Å². The Morgan fingerprint density at radius 2 is 1.57 bits per heavy atom. The fraction of sp³-hybridized carbons (Fsp3) is 0.333. The van der Waals surface area contributed by atoms with E-state index in [4.69, 9.17) is 9.29 Å². The molecule has 1 aliphatic rings. The molecule has 5 heteroatoms. The molecule has 2 aromatic rings. The van der Waals surface area contributed by atoms with E-state index in [1.165, 1.54) is 11.1 Å². The van der Waals surface area contributed by atoms with Crippen molar-refractivity contribution in [3.8, 4) is 11.5 Å². The Balaban J connectivity index is 0.000000849. The van der Waals surface area contributed by atoms with Crippen molar-refractivity contribution in [1.29, 1.82) is 0 Å². The van der Waals surface area contributed by atoms with Gasteiger partial charge in [0.05, 0.1) is 0 Å². The summed E-state index contributed by atoms with van der Waals surface area (Å²) in [5, 5.41) is 16.5. The van der Waals surface area contributed by atoms with E-state index in [0.717, 1.165) is 18.6 Å². The number of phenols is 1. The molecule has 0 radical (unpaired) electrons. The quantitative estimate of drug-likeness (QED) is 0.839. The van der Waals surface area contributed by atoms with E-state index < -0.39 is 10.3 Å². The highest BCUT2D eigenvalue weighted by molar-refractivity contribution is 8.29. The van der Waals surface area contributed by atoms with Gasteiger partial charge in [0.1, 0.15) is 11.5 Å². The van der Waals surface area contributed by atoms with Gasteiger partial charge in [-0.1, -0.05) is 47.6 Å². The van der Waals surface area contributed by atoms with Gasteiger partial charge in [-0.15, -0.1) is 0 Å². The zero-order valence-electron chi connectivity index (χ0n) is 14.0. The first-order chi connectivity index (χ1) is 10.4. The highest BCUT2D eigenvalue weighted by Gasteiger charge is 2.40. The van der Waals surface area contributed by atoms with Crippen molar-refractivity contribution in [2.75, 3.05) is 25.4 Å². The number of aliphatic hydroxyl groups is 1. The van der Waals surface area contributed by atoms with Crippen molar-refractivity contribution in [2.45, 2.75) is 12.3 Å². The van der Waals surface area contributed by atoms with Crippen molar-refractivity contribution < 1.29 is 19.9 Å². The summed E-state index contributed by atoms with van der Waals surface area (Å²) in [6.07, 6.45) is 4.42. The van der Waals surface area contributed by atoms with Gasteiger partial charge in [0.15, 0.2) is 0 Å². The Kier molecular flexibility index (Phi) is 6.11. The highest BCUT2D eigenvalue weighted by Crippen LogP contribution is 2.56. The number of rotatable bonds is 1. The molecule has 23 heavy (non-hydrogen) atoms. The first-order valence-corrected chi connectivity index (χ1v) is 9.69. The number of phenolic OH excluding ortho intramolecular Hbond substituents is 1. The maximum Gasteiger partial charge on any atom is 0.138 e. The second-order valence-electron chi connectivity index (χ2n) is 6.04. The molecule has 0 saturated heterocycles. The fourth-order valence-corrected chi connectivity index (χ4v) is 5.51. The van der Waals surface area contributed by atoms with Crippen LogP contribution in [0.4, 0.5) is 0 Å². The molecule has 2 aromatic carbocycles. The Morgan fingerprint density at radius 3 is 2.17 bits per heavy atom. The molecule has 128 valence electrons. The van der Waals surface area contributed by atoms with Crippen LogP contribution in [-0.2, 0) is 5.41 Å². The second kappa shape index (κ2) is 7.25. The van der Waals surface area contributed by atoms with Gasteiger partial charge >= 0.3 is 0 Å². The molecule has 1 atom stereocenters. The Morgan fingerprint density at radius 1 is 1.00 bits per heavy atom. The summed E-state index contributed by atoms with van der Waals surface area (Å²) in [4.78, 5) is 0. The minimum Gasteiger partial charge on any atom is -0.508 e. The maximum atomic E-state index is 9.52. The van der Waals surface area contributed by atoms with E-state index in [2.05, 4.69) is 37.6 Å². The third kappa shape index (κ3) is 3.80. The van der Waals surface area contributed by atoms with Gasteiger partial charge in [0.2, 0.25) is 0 Å². The van der Waals surface area contributed by atoms with Gasteiger partial charge in [-0.2, -0.15) is 0 Å². The van der Waals surface area contributed by atoms with Crippen LogP contribution in [0.25, 0.3) is 0 Å². The van der Waals surface area contributed by atoms with E-state index in [0.29, 0.717) is 5.75 Å². The van der Waals surface area contributed by atoms with Gasteiger partial charge in [-0.25, -0.2) is 0 Å². The number of aliphatic hydroxyl groups excluding tert-OH is 1. The van der Waals surface area contributed by atoms with Gasteiger partial charge in [0.25, 0.3) is 0 Å². The van der Waals surface area contributed by atoms with Crippen molar-refractivity contribution >= 4 is 10.3 Å². The molecule has 1 aliphatic heterocycles. The molecule has 1 unspecified atom stereocenters. The molecule has 1 heterocycles. The first kappa shape index (κ1) is 19.4. The maximum absolute atomic E-state index is 9.52. The van der Waals surface area contributed by atoms with Crippen LogP contribution in [0.5, 0.6) is 11.5 Å². The van der Waals surface area contributed by atoms with Crippen molar-refractivity contribution in [1.82, 2.24) is 0 Å². The number of aromatic hydroxyl groups is 1. The fourth-order valence-electron chi connectivity index (χ4n) is 3.11. The van der Waals surface area contributed by atoms with Crippen molar-refractivity contribution in [3.05, 3.63) is 59.7 Å². The Hall–Kier alpha value is -1.69. The molecular formula is C18H26O4S. The lowest BCUT2D eigenvalue weighted by Crippen LogP contribution is -2.36. The van der Waals surface area contributed by atoms with Crippen molar-refractivity contribution in [3.63, 3.8) is 0 Å². The molecule has 0 aliphatic carbocycles. The van der Waals surface area contributed by atoms with Gasteiger partial charge < -0.3 is 19.9 Å². The summed E-state index contributed by atoms with van der Waals surface area (Å²) < 4.78 is 6.19. The number of fused-ring (bicyclic) bond motifs is 1. The summed E-state index contributed by atoms with van der Waals surface area (Å²) >= 11 is 0. The topological polar surface area (TPSA) is 81.2 Å². The number of hydrogen-bond acceptors (Lipinski definition) is 3. The lowest BCUT2D eigenvalue weighted by molar-refractivity contribution is 0.399. The van der Waals surface area contributed by atoms with E-state index in [1.54, 1.807) is 12.1 Å². The second-order valence-corrected chi connectivity index (χ2v) is 9.37. The Labute approximate surface area is 139 Å². The standard InChI is InChI=1S/C17H20O2S.CH4O.H2O/c1-17(13-8-10-14(18)11-9-13)12-20(2,3)19-16-7-5-4-6-15(16)17;1-2;/h4-11,18H,12H2,1-3H3;2H,1H3;1H2. The lowest BCUT2D eigenvalue weighted by atomic mass is 9.77. The minimum absolute atomic E-state index is 0. The number of para-hydroxylation sites is 1. The third-order valence-corrected chi connectivity index (χ3v) is 5.84. The molecule has 4 nitrogen and oxygen atoms in total. The van der Waals surface area contributed by atoms with Crippen LogP contribution in [-0.4, -0.2) is 41.1 Å². The summed E-state index contributed by atoms with van der Waals surface area (Å²) in [6.45, 7) is 2.27. The molecule has 4 N–H and O–H groups in total. The monoisotopic (exact) mass is 338 g/mol. The summed E-state index contributed by atoms with van der Waals surface area (Å²) in [6, 6.07) is 15.9. The van der Waals surface area contributed by atoms with Gasteiger partial charge in [0, 0.05) is 23.8 Å². The average molecular weight is 338 g/mol. The summed E-state index contributed by atoms with van der Waals surface area (Å²) in [7, 11) is -0.125.